The van der Waals surface area contributed by atoms with E-state index in [1.165, 1.54) is 14.0 Å². The van der Waals surface area contributed by atoms with Crippen molar-refractivity contribution in [1.82, 2.24) is 4.98 Å². The number of carboxylic acid groups (broad SMARTS) is 1. The van der Waals surface area contributed by atoms with Crippen molar-refractivity contribution in [3.05, 3.63) is 23.9 Å². The normalized spacial score (nSPS) is 13.0. The van der Waals surface area contributed by atoms with Crippen molar-refractivity contribution in [2.45, 2.75) is 24.3 Å². The van der Waals surface area contributed by atoms with Crippen molar-refractivity contribution >= 4 is 15.8 Å². The molecule has 1 unspecified atom stereocenters. The van der Waals surface area contributed by atoms with Crippen molar-refractivity contribution in [1.29, 1.82) is 0 Å². The van der Waals surface area contributed by atoms with Gasteiger partial charge in [-0.1, -0.05) is 6.07 Å². The van der Waals surface area contributed by atoms with Gasteiger partial charge in [-0.2, -0.15) is 0 Å². The fraction of sp³-hybridized carbons (Fsp3) is 0.455. The second-order valence-electron chi connectivity index (χ2n) is 3.89. The molecule has 0 amide bonds. The minimum absolute atomic E-state index is 0.293. The van der Waals surface area contributed by atoms with E-state index >= 15 is 0 Å². The highest BCUT2D eigenvalue weighted by atomic mass is 32.2. The third-order valence-electron chi connectivity index (χ3n) is 2.41. The number of methoxy groups -OCH3 is 1. The molecule has 100 valence electrons. The number of ether oxygens (including phenoxy) is 1. The van der Waals surface area contributed by atoms with E-state index in [1.807, 2.05) is 0 Å². The highest BCUT2D eigenvalue weighted by Crippen LogP contribution is 2.14. The van der Waals surface area contributed by atoms with Gasteiger partial charge in [0.1, 0.15) is 0 Å². The summed E-state index contributed by atoms with van der Waals surface area (Å²) in [6, 6.07) is 4.81. The molecule has 0 saturated heterocycles. The number of nitrogens with zero attached hydrogens (tertiary/aromatic N) is 1. The van der Waals surface area contributed by atoms with E-state index in [4.69, 9.17) is 9.84 Å². The number of sulfone groups is 1. The third kappa shape index (κ3) is 3.99. The predicted octanol–water partition coefficient (Wildman–Crippen LogP) is 0.868. The van der Waals surface area contributed by atoms with Gasteiger partial charge in [-0.3, -0.25) is 4.79 Å². The molecule has 0 aliphatic carbocycles. The average molecular weight is 273 g/mol. The summed E-state index contributed by atoms with van der Waals surface area (Å²) >= 11 is 0. The lowest BCUT2D eigenvalue weighted by atomic mass is 10.3. The maximum atomic E-state index is 11.9. The van der Waals surface area contributed by atoms with Crippen LogP contribution in [0.2, 0.25) is 0 Å². The fourth-order valence-electron chi connectivity index (χ4n) is 1.37. The second-order valence-corrected chi connectivity index (χ2v) is 6.31. The maximum Gasteiger partial charge on any atom is 0.304 e. The molecule has 1 rings (SSSR count). The number of hydrogen-bond acceptors (Lipinski definition) is 5. The number of pyridine rings is 1. The zero-order valence-electron chi connectivity index (χ0n) is 10.2. The Morgan fingerprint density at radius 3 is 2.72 bits per heavy atom. The molecule has 0 aliphatic heterocycles. The lowest BCUT2D eigenvalue weighted by molar-refractivity contribution is -0.136. The summed E-state index contributed by atoms with van der Waals surface area (Å²) in [5.74, 6) is -1.10. The van der Waals surface area contributed by atoms with Gasteiger partial charge in [-0.15, -0.1) is 0 Å². The molecule has 1 aromatic rings. The Morgan fingerprint density at radius 2 is 2.17 bits per heavy atom. The fourth-order valence-corrected chi connectivity index (χ4v) is 2.63. The van der Waals surface area contributed by atoms with Gasteiger partial charge < -0.3 is 9.84 Å². The highest BCUT2D eigenvalue weighted by Gasteiger charge is 2.24. The standard InChI is InChI=1S/C11H15NO5S/c1-8(6-11(13)14)18(15,16)7-9-4-3-5-10(12-9)17-2/h3-5,8H,6-7H2,1-2H3,(H,13,14). The van der Waals surface area contributed by atoms with Crippen LogP contribution in [0.15, 0.2) is 18.2 Å². The van der Waals surface area contributed by atoms with Crippen molar-refractivity contribution in [3.8, 4) is 5.88 Å². The number of aromatic nitrogens is 1. The molecule has 0 aromatic carbocycles. The molecule has 0 bridgehead atoms. The smallest absolute Gasteiger partial charge is 0.304 e. The van der Waals surface area contributed by atoms with E-state index in [-0.39, 0.29) is 5.75 Å². The lowest BCUT2D eigenvalue weighted by Gasteiger charge is -2.10. The van der Waals surface area contributed by atoms with Crippen LogP contribution in [0.3, 0.4) is 0 Å². The molecule has 1 aromatic heterocycles. The van der Waals surface area contributed by atoms with Gasteiger partial charge in [0.2, 0.25) is 5.88 Å². The molecule has 6 nitrogen and oxygen atoms in total. The van der Waals surface area contributed by atoms with Crippen molar-refractivity contribution in [2.75, 3.05) is 7.11 Å². The van der Waals surface area contributed by atoms with E-state index < -0.39 is 27.5 Å². The number of carbonyl (C=O) groups is 1. The Labute approximate surface area is 106 Å². The number of aliphatic carboxylic acids is 1. The summed E-state index contributed by atoms with van der Waals surface area (Å²) < 4.78 is 28.7. The van der Waals surface area contributed by atoms with Gasteiger partial charge in [0.25, 0.3) is 0 Å². The average Bonchev–Trinajstić information content (AvgIpc) is 2.27. The minimum atomic E-state index is -3.53. The number of hydrogen-bond donors (Lipinski definition) is 1. The quantitative estimate of drug-likeness (QED) is 0.826. The second kappa shape index (κ2) is 5.81. The number of rotatable bonds is 6. The van der Waals surface area contributed by atoms with E-state index in [0.29, 0.717) is 11.6 Å². The Balaban J connectivity index is 2.84. The van der Waals surface area contributed by atoms with E-state index in [1.54, 1.807) is 18.2 Å². The molecule has 0 spiro atoms. The third-order valence-corrected chi connectivity index (χ3v) is 4.51. The Kier molecular flexibility index (Phi) is 4.66. The summed E-state index contributed by atoms with van der Waals surface area (Å²) in [5, 5.41) is 7.65. The summed E-state index contributed by atoms with van der Waals surface area (Å²) in [6.07, 6.45) is -0.410. The van der Waals surface area contributed by atoms with Crippen LogP contribution in [0.4, 0.5) is 0 Å². The lowest BCUT2D eigenvalue weighted by Crippen LogP contribution is -2.23. The largest absolute Gasteiger partial charge is 0.481 e. The first-order valence-corrected chi connectivity index (χ1v) is 7.00. The summed E-state index contributed by atoms with van der Waals surface area (Å²) in [6.45, 7) is 1.38. The van der Waals surface area contributed by atoms with Crippen LogP contribution >= 0.6 is 0 Å². The van der Waals surface area contributed by atoms with Crippen LogP contribution in [0.5, 0.6) is 5.88 Å². The molecular weight excluding hydrogens is 258 g/mol. The Morgan fingerprint density at radius 1 is 1.50 bits per heavy atom. The van der Waals surface area contributed by atoms with Crippen LogP contribution in [-0.4, -0.2) is 36.8 Å². The number of carboxylic acids is 1. The maximum absolute atomic E-state index is 11.9. The van der Waals surface area contributed by atoms with Gasteiger partial charge in [-0.05, 0) is 13.0 Å². The molecule has 0 saturated carbocycles. The monoisotopic (exact) mass is 273 g/mol. The SMILES string of the molecule is COc1cccc(CS(=O)(=O)C(C)CC(=O)O)n1. The van der Waals surface area contributed by atoms with E-state index in [2.05, 4.69) is 4.98 Å². The van der Waals surface area contributed by atoms with E-state index in [9.17, 15) is 13.2 Å². The van der Waals surface area contributed by atoms with E-state index in [0.717, 1.165) is 0 Å². The molecule has 1 heterocycles. The van der Waals surface area contributed by atoms with Crippen LogP contribution in [0.25, 0.3) is 0 Å². The zero-order chi connectivity index (χ0) is 13.8. The molecule has 7 heteroatoms. The molecule has 0 aliphatic rings. The zero-order valence-corrected chi connectivity index (χ0v) is 11.0. The van der Waals surface area contributed by atoms with Crippen LogP contribution in [-0.2, 0) is 20.4 Å². The summed E-state index contributed by atoms with van der Waals surface area (Å²) in [4.78, 5) is 14.5. The first-order chi connectivity index (χ1) is 8.35. The van der Waals surface area contributed by atoms with Crippen LogP contribution in [0, 0.1) is 0 Å². The van der Waals surface area contributed by atoms with Gasteiger partial charge in [0.15, 0.2) is 9.84 Å². The van der Waals surface area contributed by atoms with Gasteiger partial charge in [0.05, 0.1) is 30.2 Å². The first-order valence-electron chi connectivity index (χ1n) is 5.28. The van der Waals surface area contributed by atoms with Crippen LogP contribution < -0.4 is 4.74 Å². The highest BCUT2D eigenvalue weighted by molar-refractivity contribution is 7.91. The predicted molar refractivity (Wildman–Crippen MR) is 65.1 cm³/mol. The van der Waals surface area contributed by atoms with Crippen molar-refractivity contribution in [2.24, 2.45) is 0 Å². The molecule has 0 fully saturated rings. The minimum Gasteiger partial charge on any atom is -0.481 e. The molecular formula is C11H15NO5S. The van der Waals surface area contributed by atoms with Gasteiger partial charge in [-0.25, -0.2) is 13.4 Å². The summed E-state index contributed by atoms with van der Waals surface area (Å²) in [7, 11) is -2.09. The Hall–Kier alpha value is -1.63. The van der Waals surface area contributed by atoms with Crippen molar-refractivity contribution in [3.63, 3.8) is 0 Å². The van der Waals surface area contributed by atoms with Gasteiger partial charge >= 0.3 is 5.97 Å². The topological polar surface area (TPSA) is 93.6 Å². The molecule has 1 atom stereocenters. The summed E-state index contributed by atoms with van der Waals surface area (Å²) in [5.41, 5.74) is 0.339. The van der Waals surface area contributed by atoms with Gasteiger partial charge in [0, 0.05) is 6.07 Å². The van der Waals surface area contributed by atoms with Crippen LogP contribution in [0.1, 0.15) is 19.0 Å². The molecule has 18 heavy (non-hydrogen) atoms. The first kappa shape index (κ1) is 14.4. The Bertz CT molecular complexity index is 526. The molecule has 0 radical (unpaired) electrons. The van der Waals surface area contributed by atoms with Crippen molar-refractivity contribution < 1.29 is 23.1 Å². The molecule has 1 N–H and O–H groups in total.